The fourth-order valence-electron chi connectivity index (χ4n) is 2.91. The number of benzene rings is 1. The van der Waals surface area contributed by atoms with E-state index in [-0.39, 0.29) is 5.54 Å². The molecule has 0 unspecified atom stereocenters. The summed E-state index contributed by atoms with van der Waals surface area (Å²) in [6, 6.07) is 10.6. The Morgan fingerprint density at radius 2 is 1.41 bits per heavy atom. The van der Waals surface area contributed by atoms with Crippen molar-refractivity contribution in [3.63, 3.8) is 0 Å². The molecule has 2 rings (SSSR count). The van der Waals surface area contributed by atoms with Crippen molar-refractivity contribution in [2.45, 2.75) is 72.8 Å². The van der Waals surface area contributed by atoms with E-state index in [1.165, 1.54) is 11.1 Å². The molecule has 0 amide bonds. The van der Waals surface area contributed by atoms with E-state index in [0.29, 0.717) is 11.8 Å². The van der Waals surface area contributed by atoms with Crippen LogP contribution < -0.4 is 0 Å². The lowest BCUT2D eigenvalue weighted by molar-refractivity contribution is 0.586. The molecule has 0 bridgehead atoms. The zero-order valence-corrected chi connectivity index (χ0v) is 18.0. The summed E-state index contributed by atoms with van der Waals surface area (Å²) >= 11 is 0. The summed E-state index contributed by atoms with van der Waals surface area (Å²) in [4.78, 5) is 14.2. The number of para-hydroxylation sites is 1. The van der Waals surface area contributed by atoms with Crippen LogP contribution in [0.1, 0.15) is 88.4 Å². The second-order valence-electron chi connectivity index (χ2n) is 8.78. The Hall–Kier alpha value is -2.29. The smallest absolute Gasteiger partial charge is 0.0823 e. The summed E-state index contributed by atoms with van der Waals surface area (Å²) in [7, 11) is 0. The maximum atomic E-state index is 4.88. The molecular formula is C24H33N3. The number of hydrogen-bond acceptors (Lipinski definition) is 3. The van der Waals surface area contributed by atoms with Gasteiger partial charge in [-0.2, -0.15) is 0 Å². The molecule has 2 aromatic rings. The predicted octanol–water partition coefficient (Wildman–Crippen LogP) is 6.60. The lowest BCUT2D eigenvalue weighted by Crippen LogP contribution is -2.10. The summed E-state index contributed by atoms with van der Waals surface area (Å²) in [5.41, 5.74) is 6.41. The minimum atomic E-state index is -0.109. The molecule has 0 aliphatic rings. The SMILES string of the molecule is Cc1cc(/C=N/c2c(C(C)C)cccc2C(C)C)nc(/C=N/C(C)(C)C)c1. The molecule has 0 atom stereocenters. The molecule has 0 spiro atoms. The van der Waals surface area contributed by atoms with Crippen molar-refractivity contribution in [2.75, 3.05) is 0 Å². The Morgan fingerprint density at radius 3 is 1.89 bits per heavy atom. The molecular weight excluding hydrogens is 330 g/mol. The third kappa shape index (κ3) is 6.13. The lowest BCUT2D eigenvalue weighted by atomic mass is 9.93. The van der Waals surface area contributed by atoms with Gasteiger partial charge in [0.25, 0.3) is 0 Å². The summed E-state index contributed by atoms with van der Waals surface area (Å²) in [5.74, 6) is 0.853. The van der Waals surface area contributed by atoms with Gasteiger partial charge >= 0.3 is 0 Å². The highest BCUT2D eigenvalue weighted by molar-refractivity contribution is 5.84. The van der Waals surface area contributed by atoms with Crippen LogP contribution in [0.25, 0.3) is 0 Å². The fraction of sp³-hybridized carbons (Fsp3) is 0.458. The van der Waals surface area contributed by atoms with Crippen LogP contribution in [0.3, 0.4) is 0 Å². The number of rotatable bonds is 5. The summed E-state index contributed by atoms with van der Waals surface area (Å²) in [6.45, 7) is 17.2. The zero-order chi connectivity index (χ0) is 20.2. The molecule has 0 radical (unpaired) electrons. The Morgan fingerprint density at radius 1 is 0.889 bits per heavy atom. The van der Waals surface area contributed by atoms with Crippen molar-refractivity contribution in [3.05, 3.63) is 58.4 Å². The highest BCUT2D eigenvalue weighted by atomic mass is 14.8. The average Bonchev–Trinajstić information content (AvgIpc) is 2.56. The van der Waals surface area contributed by atoms with Crippen LogP contribution in [0, 0.1) is 6.92 Å². The van der Waals surface area contributed by atoms with Crippen LogP contribution in [-0.2, 0) is 0 Å². The number of aryl methyl sites for hydroxylation is 1. The first-order chi connectivity index (χ1) is 12.6. The van der Waals surface area contributed by atoms with Crippen LogP contribution in [-0.4, -0.2) is 23.0 Å². The first-order valence-corrected chi connectivity index (χ1v) is 9.77. The summed E-state index contributed by atoms with van der Waals surface area (Å²) < 4.78 is 0. The van der Waals surface area contributed by atoms with Gasteiger partial charge in [0.15, 0.2) is 0 Å². The Labute approximate surface area is 164 Å². The van der Waals surface area contributed by atoms with Gasteiger partial charge in [-0.15, -0.1) is 0 Å². The molecule has 0 aliphatic carbocycles. The van der Waals surface area contributed by atoms with Gasteiger partial charge in [0.2, 0.25) is 0 Å². The van der Waals surface area contributed by atoms with E-state index in [0.717, 1.165) is 22.6 Å². The zero-order valence-electron chi connectivity index (χ0n) is 18.0. The van der Waals surface area contributed by atoms with Gasteiger partial charge in [0, 0.05) is 6.21 Å². The molecule has 1 heterocycles. The van der Waals surface area contributed by atoms with Gasteiger partial charge in [0.05, 0.1) is 28.8 Å². The fourth-order valence-corrected chi connectivity index (χ4v) is 2.91. The third-order valence-corrected chi connectivity index (χ3v) is 4.26. The largest absolute Gasteiger partial charge is 0.285 e. The van der Waals surface area contributed by atoms with Crippen molar-refractivity contribution in [2.24, 2.45) is 9.98 Å². The molecule has 0 N–H and O–H groups in total. The second kappa shape index (κ2) is 8.60. The molecule has 1 aromatic heterocycles. The van der Waals surface area contributed by atoms with E-state index in [1.807, 2.05) is 18.5 Å². The number of nitrogens with zero attached hydrogens (tertiary/aromatic N) is 3. The lowest BCUT2D eigenvalue weighted by Gasteiger charge is -2.16. The number of aliphatic imine (C=N–C) groups is 2. The Balaban J connectivity index is 2.44. The number of pyridine rings is 1. The monoisotopic (exact) mass is 363 g/mol. The van der Waals surface area contributed by atoms with Crippen LogP contribution in [0.5, 0.6) is 0 Å². The quantitative estimate of drug-likeness (QED) is 0.551. The van der Waals surface area contributed by atoms with Gasteiger partial charge in [-0.05, 0) is 68.4 Å². The number of hydrogen-bond donors (Lipinski definition) is 0. The van der Waals surface area contributed by atoms with E-state index in [4.69, 9.17) is 9.98 Å². The van der Waals surface area contributed by atoms with Gasteiger partial charge in [-0.3, -0.25) is 9.98 Å². The topological polar surface area (TPSA) is 37.6 Å². The van der Waals surface area contributed by atoms with Crippen molar-refractivity contribution in [3.8, 4) is 0 Å². The standard InChI is InChI=1S/C24H33N3/c1-16(2)21-10-9-11-22(17(3)4)23(21)25-14-19-12-18(5)13-20(27-19)15-26-24(6,7)8/h9-17H,1-8H3/b25-14+,26-15+. The van der Waals surface area contributed by atoms with Crippen molar-refractivity contribution in [1.29, 1.82) is 0 Å². The van der Waals surface area contributed by atoms with E-state index in [1.54, 1.807) is 0 Å². The van der Waals surface area contributed by atoms with Gasteiger partial charge in [-0.25, -0.2) is 4.98 Å². The normalized spacial score (nSPS) is 12.8. The average molecular weight is 364 g/mol. The summed E-state index contributed by atoms with van der Waals surface area (Å²) in [5, 5.41) is 0. The highest BCUT2D eigenvalue weighted by Crippen LogP contribution is 2.34. The van der Waals surface area contributed by atoms with Crippen molar-refractivity contribution in [1.82, 2.24) is 4.98 Å². The van der Waals surface area contributed by atoms with E-state index in [2.05, 4.69) is 84.6 Å². The minimum Gasteiger partial charge on any atom is -0.285 e. The van der Waals surface area contributed by atoms with Gasteiger partial charge in [-0.1, -0.05) is 45.9 Å². The van der Waals surface area contributed by atoms with E-state index < -0.39 is 0 Å². The maximum Gasteiger partial charge on any atom is 0.0823 e. The van der Waals surface area contributed by atoms with E-state index in [9.17, 15) is 0 Å². The van der Waals surface area contributed by atoms with Crippen LogP contribution in [0.4, 0.5) is 5.69 Å². The first-order valence-electron chi connectivity index (χ1n) is 9.77. The van der Waals surface area contributed by atoms with Crippen LogP contribution in [0.2, 0.25) is 0 Å². The Bertz CT molecular complexity index is 811. The highest BCUT2D eigenvalue weighted by Gasteiger charge is 2.12. The molecule has 144 valence electrons. The van der Waals surface area contributed by atoms with Crippen molar-refractivity contribution >= 4 is 18.1 Å². The molecule has 1 aromatic carbocycles. The van der Waals surface area contributed by atoms with Crippen molar-refractivity contribution < 1.29 is 0 Å². The molecule has 0 aliphatic heterocycles. The molecule has 27 heavy (non-hydrogen) atoms. The maximum absolute atomic E-state index is 4.88. The Kier molecular flexibility index (Phi) is 6.69. The number of aromatic nitrogens is 1. The van der Waals surface area contributed by atoms with Gasteiger partial charge < -0.3 is 0 Å². The summed E-state index contributed by atoms with van der Waals surface area (Å²) in [6.07, 6.45) is 3.74. The van der Waals surface area contributed by atoms with Crippen LogP contribution in [0.15, 0.2) is 40.3 Å². The second-order valence-corrected chi connectivity index (χ2v) is 8.78. The molecule has 0 fully saturated rings. The molecule has 3 nitrogen and oxygen atoms in total. The molecule has 0 saturated heterocycles. The molecule has 3 heteroatoms. The van der Waals surface area contributed by atoms with Crippen LogP contribution >= 0.6 is 0 Å². The van der Waals surface area contributed by atoms with E-state index >= 15 is 0 Å². The third-order valence-electron chi connectivity index (χ3n) is 4.26. The predicted molar refractivity (Wildman–Crippen MR) is 118 cm³/mol. The first kappa shape index (κ1) is 21.0. The van der Waals surface area contributed by atoms with Gasteiger partial charge in [0.1, 0.15) is 0 Å². The minimum absolute atomic E-state index is 0.109. The molecule has 0 saturated carbocycles.